The molecular formula is C22H38N4O4S. The molecule has 8 nitrogen and oxygen atoms in total. The van der Waals surface area contributed by atoms with Gasteiger partial charge < -0.3 is 10.2 Å². The molecule has 1 aliphatic heterocycles. The van der Waals surface area contributed by atoms with Gasteiger partial charge in [-0.1, -0.05) is 13.8 Å². The Hall–Kier alpha value is -1.19. The molecule has 0 aromatic heterocycles. The van der Waals surface area contributed by atoms with Gasteiger partial charge in [0.05, 0.1) is 0 Å². The summed E-state index contributed by atoms with van der Waals surface area (Å²) in [4.78, 5) is 28.5. The van der Waals surface area contributed by atoms with Crippen LogP contribution in [-0.2, 0) is 19.8 Å². The fourth-order valence-corrected chi connectivity index (χ4v) is 7.85. The van der Waals surface area contributed by atoms with Crippen molar-refractivity contribution < 1.29 is 18.0 Å². The number of carbonyl (C=O) groups excluding carboxylic acids is 2. The molecule has 1 atom stereocenters. The van der Waals surface area contributed by atoms with Crippen LogP contribution in [0.25, 0.3) is 0 Å². The first-order valence-corrected chi connectivity index (χ1v) is 13.2. The van der Waals surface area contributed by atoms with Crippen LogP contribution in [0, 0.1) is 29.1 Å². The molecule has 0 spiro atoms. The highest BCUT2D eigenvalue weighted by Gasteiger charge is 2.55. The first-order chi connectivity index (χ1) is 14.5. The summed E-state index contributed by atoms with van der Waals surface area (Å²) in [6, 6.07) is -0.558. The molecule has 4 saturated carbocycles. The minimum absolute atomic E-state index is 0.0195. The lowest BCUT2D eigenvalue weighted by molar-refractivity contribution is -0.151. The maximum Gasteiger partial charge on any atom is 0.281 e. The van der Waals surface area contributed by atoms with E-state index in [1.165, 1.54) is 42.0 Å². The smallest absolute Gasteiger partial charge is 0.281 e. The largest absolute Gasteiger partial charge is 0.344 e. The molecule has 4 bridgehead atoms. The standard InChI is InChI=1S/C22H38N4O4S/c1-15(2)19(20(27)25-5-7-26(8-6-25)31(29,30)24(3)4)23-21(28)22-12-16-9-17(13-22)11-18(10-16)14-22/h15-19H,5-14H2,1-4H3,(H,23,28)/t16?,17?,18?,19-,22?/m0/s1. The van der Waals surface area contributed by atoms with Crippen molar-refractivity contribution in [3.8, 4) is 0 Å². The molecule has 5 fully saturated rings. The van der Waals surface area contributed by atoms with Crippen LogP contribution in [0.5, 0.6) is 0 Å². The molecule has 31 heavy (non-hydrogen) atoms. The SMILES string of the molecule is CC(C)[C@H](NC(=O)C12CC3CC(CC(C3)C1)C2)C(=O)N1CCN(S(=O)(=O)N(C)C)CC1. The highest BCUT2D eigenvalue weighted by molar-refractivity contribution is 7.86. The van der Waals surface area contributed by atoms with Crippen molar-refractivity contribution in [1.82, 2.24) is 18.8 Å². The van der Waals surface area contributed by atoms with Crippen LogP contribution in [0.4, 0.5) is 0 Å². The topological polar surface area (TPSA) is 90.0 Å². The fourth-order valence-electron chi connectivity index (χ4n) is 6.76. The Morgan fingerprint density at radius 1 is 0.935 bits per heavy atom. The van der Waals surface area contributed by atoms with E-state index in [1.807, 2.05) is 13.8 Å². The molecule has 0 aromatic rings. The molecule has 0 unspecified atom stereocenters. The van der Waals surface area contributed by atoms with Gasteiger partial charge in [0.2, 0.25) is 11.8 Å². The van der Waals surface area contributed by atoms with E-state index in [-0.39, 0.29) is 36.2 Å². The normalized spacial score (nSPS) is 34.4. The maximum absolute atomic E-state index is 13.5. The molecule has 5 rings (SSSR count). The van der Waals surface area contributed by atoms with E-state index in [1.54, 1.807) is 4.90 Å². The van der Waals surface area contributed by atoms with Crippen LogP contribution in [0.15, 0.2) is 0 Å². The molecule has 1 saturated heterocycles. The minimum Gasteiger partial charge on any atom is -0.344 e. The number of carbonyl (C=O) groups is 2. The number of hydrogen-bond donors (Lipinski definition) is 1. The first-order valence-electron chi connectivity index (χ1n) is 11.8. The van der Waals surface area contributed by atoms with E-state index >= 15 is 0 Å². The molecule has 5 aliphatic rings. The summed E-state index contributed by atoms with van der Waals surface area (Å²) >= 11 is 0. The summed E-state index contributed by atoms with van der Waals surface area (Å²) in [5.41, 5.74) is -0.277. The second kappa shape index (κ2) is 8.30. The quantitative estimate of drug-likeness (QED) is 0.655. The van der Waals surface area contributed by atoms with Crippen LogP contribution in [0.1, 0.15) is 52.4 Å². The lowest BCUT2D eigenvalue weighted by Gasteiger charge is -2.56. The fraction of sp³-hybridized carbons (Fsp3) is 0.909. The Morgan fingerprint density at radius 3 is 1.84 bits per heavy atom. The number of piperazine rings is 1. The molecule has 1 heterocycles. The van der Waals surface area contributed by atoms with E-state index < -0.39 is 16.3 Å². The Labute approximate surface area is 186 Å². The summed E-state index contributed by atoms with van der Waals surface area (Å²) in [5.74, 6) is 2.00. The number of amides is 2. The molecule has 1 N–H and O–H groups in total. The van der Waals surface area contributed by atoms with Gasteiger partial charge in [0.25, 0.3) is 10.2 Å². The zero-order valence-electron chi connectivity index (χ0n) is 19.3. The van der Waals surface area contributed by atoms with Gasteiger partial charge in [-0.05, 0) is 62.2 Å². The van der Waals surface area contributed by atoms with Crippen LogP contribution in [0.3, 0.4) is 0 Å². The zero-order chi connectivity index (χ0) is 22.6. The minimum atomic E-state index is -3.47. The summed E-state index contributed by atoms with van der Waals surface area (Å²) in [6.07, 6.45) is 6.76. The summed E-state index contributed by atoms with van der Waals surface area (Å²) in [6.45, 7) is 5.19. The van der Waals surface area contributed by atoms with Crippen LogP contribution >= 0.6 is 0 Å². The third kappa shape index (κ3) is 4.25. The number of nitrogens with one attached hydrogen (secondary N) is 1. The van der Waals surface area contributed by atoms with Crippen molar-refractivity contribution in [2.75, 3.05) is 40.3 Å². The molecule has 2 amide bonds. The van der Waals surface area contributed by atoms with Gasteiger partial charge in [0.1, 0.15) is 6.04 Å². The highest BCUT2D eigenvalue weighted by Crippen LogP contribution is 2.60. The zero-order valence-corrected chi connectivity index (χ0v) is 20.2. The van der Waals surface area contributed by atoms with Gasteiger partial charge in [-0.3, -0.25) is 9.59 Å². The van der Waals surface area contributed by atoms with E-state index in [0.29, 0.717) is 30.8 Å². The first kappa shape index (κ1) is 23.0. The van der Waals surface area contributed by atoms with Gasteiger partial charge in [-0.2, -0.15) is 17.0 Å². The van der Waals surface area contributed by atoms with Crippen molar-refractivity contribution in [2.24, 2.45) is 29.1 Å². The summed E-state index contributed by atoms with van der Waals surface area (Å²) in [7, 11) is -0.441. The van der Waals surface area contributed by atoms with E-state index in [2.05, 4.69) is 5.32 Å². The van der Waals surface area contributed by atoms with E-state index in [9.17, 15) is 18.0 Å². The average molecular weight is 455 g/mol. The molecule has 4 aliphatic carbocycles. The number of rotatable bonds is 6. The lowest BCUT2D eigenvalue weighted by atomic mass is 9.49. The molecule has 176 valence electrons. The van der Waals surface area contributed by atoms with E-state index in [4.69, 9.17) is 0 Å². The monoisotopic (exact) mass is 454 g/mol. The van der Waals surface area contributed by atoms with Crippen LogP contribution < -0.4 is 5.32 Å². The Morgan fingerprint density at radius 2 is 1.42 bits per heavy atom. The van der Waals surface area contributed by atoms with Gasteiger partial charge in [-0.15, -0.1) is 0 Å². The molecule has 0 aromatic carbocycles. The van der Waals surface area contributed by atoms with Crippen molar-refractivity contribution >= 4 is 22.0 Å². The van der Waals surface area contributed by atoms with Gasteiger partial charge in [0.15, 0.2) is 0 Å². The number of hydrogen-bond acceptors (Lipinski definition) is 4. The Bertz CT molecular complexity index is 782. The summed E-state index contributed by atoms with van der Waals surface area (Å²) < 4.78 is 27.3. The summed E-state index contributed by atoms with van der Waals surface area (Å²) in [5, 5.41) is 3.16. The lowest BCUT2D eigenvalue weighted by Crippen LogP contribution is -2.61. The molecule has 9 heteroatoms. The second-order valence-corrected chi connectivity index (χ2v) is 13.0. The maximum atomic E-state index is 13.5. The van der Waals surface area contributed by atoms with Gasteiger partial charge >= 0.3 is 0 Å². The Kier molecular flexibility index (Phi) is 6.15. The Balaban J connectivity index is 1.40. The van der Waals surface area contributed by atoms with Crippen LogP contribution in [-0.4, -0.2) is 80.1 Å². The predicted octanol–water partition coefficient (Wildman–Crippen LogP) is 1.29. The van der Waals surface area contributed by atoms with Crippen molar-refractivity contribution in [3.05, 3.63) is 0 Å². The molecule has 0 radical (unpaired) electrons. The highest BCUT2D eigenvalue weighted by atomic mass is 32.2. The van der Waals surface area contributed by atoms with Crippen LogP contribution in [0.2, 0.25) is 0 Å². The second-order valence-electron chi connectivity index (χ2n) is 10.9. The molecular weight excluding hydrogens is 416 g/mol. The van der Waals surface area contributed by atoms with Gasteiger partial charge in [0, 0.05) is 45.7 Å². The third-order valence-electron chi connectivity index (χ3n) is 8.08. The third-order valence-corrected chi connectivity index (χ3v) is 10.0. The van der Waals surface area contributed by atoms with Crippen molar-refractivity contribution in [2.45, 2.75) is 58.4 Å². The average Bonchev–Trinajstić information content (AvgIpc) is 2.70. The van der Waals surface area contributed by atoms with Gasteiger partial charge in [-0.25, -0.2) is 0 Å². The van der Waals surface area contributed by atoms with E-state index in [0.717, 1.165) is 19.3 Å². The van der Waals surface area contributed by atoms with Crippen molar-refractivity contribution in [1.29, 1.82) is 0 Å². The van der Waals surface area contributed by atoms with Crippen molar-refractivity contribution in [3.63, 3.8) is 0 Å². The predicted molar refractivity (Wildman–Crippen MR) is 118 cm³/mol. The number of nitrogens with zero attached hydrogens (tertiary/aromatic N) is 3.